The lowest BCUT2D eigenvalue weighted by Crippen LogP contribution is -2.25. The number of hydrogen-bond acceptors (Lipinski definition) is 6. The summed E-state index contributed by atoms with van der Waals surface area (Å²) in [4.78, 5) is 8.61. The molecule has 3 aromatic rings. The van der Waals surface area contributed by atoms with Crippen molar-refractivity contribution in [2.45, 2.75) is 31.8 Å². The van der Waals surface area contributed by atoms with E-state index in [9.17, 15) is 8.42 Å². The number of nitrogens with zero attached hydrogens (tertiary/aromatic N) is 4. The fraction of sp³-hybridized carbons (Fsp3) is 0.227. The summed E-state index contributed by atoms with van der Waals surface area (Å²) in [7, 11) is -3.83. The van der Waals surface area contributed by atoms with Gasteiger partial charge in [-0.15, -0.1) is 0 Å². The molecular formula is C22H22N6O2S. The summed E-state index contributed by atoms with van der Waals surface area (Å²) in [6.45, 7) is 0.317. The van der Waals surface area contributed by atoms with Gasteiger partial charge in [0.05, 0.1) is 23.9 Å². The molecule has 0 unspecified atom stereocenters. The van der Waals surface area contributed by atoms with Gasteiger partial charge in [0.1, 0.15) is 10.6 Å². The summed E-state index contributed by atoms with van der Waals surface area (Å²) < 4.78 is 29.5. The van der Waals surface area contributed by atoms with Gasteiger partial charge < -0.3 is 10.1 Å². The second-order valence-electron chi connectivity index (χ2n) is 7.41. The van der Waals surface area contributed by atoms with Crippen LogP contribution in [0.15, 0.2) is 64.9 Å². The van der Waals surface area contributed by atoms with Gasteiger partial charge in [0.2, 0.25) is 10.0 Å². The molecule has 1 aliphatic carbocycles. The lowest BCUT2D eigenvalue weighted by Gasteiger charge is -2.07. The van der Waals surface area contributed by atoms with E-state index >= 15 is 0 Å². The first kappa shape index (κ1) is 20.8. The predicted molar refractivity (Wildman–Crippen MR) is 119 cm³/mol. The van der Waals surface area contributed by atoms with E-state index in [1.54, 1.807) is 24.3 Å². The van der Waals surface area contributed by atoms with Crippen molar-refractivity contribution in [2.24, 2.45) is 10.7 Å². The van der Waals surface area contributed by atoms with E-state index in [2.05, 4.69) is 27.0 Å². The van der Waals surface area contributed by atoms with E-state index in [1.807, 2.05) is 22.7 Å². The van der Waals surface area contributed by atoms with Gasteiger partial charge >= 0.3 is 0 Å². The first-order valence-corrected chi connectivity index (χ1v) is 11.3. The van der Waals surface area contributed by atoms with Crippen LogP contribution in [0.5, 0.6) is 0 Å². The minimum absolute atomic E-state index is 0.0784. The van der Waals surface area contributed by atoms with Gasteiger partial charge in [-0.1, -0.05) is 18.2 Å². The SMILES string of the molecule is N#Cc1ccc(CNS(=O)(=O)C(C=NCc2cn3cc(C4CC4)ccc3n2)=CN)cc1. The summed E-state index contributed by atoms with van der Waals surface area (Å²) in [5.74, 6) is 0.660. The number of sulfonamides is 1. The molecule has 158 valence electrons. The van der Waals surface area contributed by atoms with Gasteiger partial charge in [-0.05, 0) is 48.1 Å². The lowest BCUT2D eigenvalue weighted by atomic mass is 10.1. The van der Waals surface area contributed by atoms with Crippen LogP contribution >= 0.6 is 0 Å². The van der Waals surface area contributed by atoms with Crippen LogP contribution in [0, 0.1) is 11.3 Å². The molecular weight excluding hydrogens is 412 g/mol. The van der Waals surface area contributed by atoms with Crippen molar-refractivity contribution in [3.05, 3.63) is 82.3 Å². The topological polar surface area (TPSA) is 126 Å². The van der Waals surface area contributed by atoms with Crippen molar-refractivity contribution in [2.75, 3.05) is 0 Å². The highest BCUT2D eigenvalue weighted by atomic mass is 32.2. The zero-order valence-electron chi connectivity index (χ0n) is 16.8. The molecule has 2 heterocycles. The number of hydrogen-bond donors (Lipinski definition) is 2. The number of nitriles is 1. The van der Waals surface area contributed by atoms with Gasteiger partial charge in [-0.3, -0.25) is 4.99 Å². The maximum absolute atomic E-state index is 12.5. The highest BCUT2D eigenvalue weighted by Gasteiger charge is 2.23. The first-order chi connectivity index (χ1) is 15.0. The smallest absolute Gasteiger partial charge is 0.243 e. The van der Waals surface area contributed by atoms with E-state index in [0.29, 0.717) is 11.5 Å². The molecule has 0 aliphatic heterocycles. The monoisotopic (exact) mass is 434 g/mol. The Balaban J connectivity index is 1.39. The molecule has 9 heteroatoms. The third kappa shape index (κ3) is 4.99. The number of pyridine rings is 1. The van der Waals surface area contributed by atoms with E-state index in [-0.39, 0.29) is 18.0 Å². The van der Waals surface area contributed by atoms with Crippen LogP contribution in [0.3, 0.4) is 0 Å². The number of aromatic nitrogens is 2. The van der Waals surface area contributed by atoms with Crippen molar-refractivity contribution in [1.82, 2.24) is 14.1 Å². The first-order valence-electron chi connectivity index (χ1n) is 9.86. The van der Waals surface area contributed by atoms with Gasteiger partial charge in [-0.25, -0.2) is 18.1 Å². The van der Waals surface area contributed by atoms with E-state index in [0.717, 1.165) is 23.1 Å². The molecule has 0 bridgehead atoms. The van der Waals surface area contributed by atoms with Crippen LogP contribution in [0.4, 0.5) is 0 Å². The van der Waals surface area contributed by atoms with Crippen molar-refractivity contribution >= 4 is 21.9 Å². The number of aliphatic imine (C=N–C) groups is 1. The lowest BCUT2D eigenvalue weighted by molar-refractivity contribution is 0.589. The Morgan fingerprint density at radius 2 is 2.03 bits per heavy atom. The summed E-state index contributed by atoms with van der Waals surface area (Å²) in [6.07, 6.45) is 8.72. The molecule has 0 amide bonds. The van der Waals surface area contributed by atoms with Crippen LogP contribution in [-0.2, 0) is 23.1 Å². The average Bonchev–Trinajstić information content (AvgIpc) is 3.55. The van der Waals surface area contributed by atoms with Gasteiger partial charge in [-0.2, -0.15) is 5.26 Å². The largest absolute Gasteiger partial charge is 0.403 e. The van der Waals surface area contributed by atoms with E-state index < -0.39 is 10.0 Å². The number of rotatable bonds is 8. The zero-order chi connectivity index (χ0) is 21.8. The molecule has 0 radical (unpaired) electrons. The van der Waals surface area contributed by atoms with Crippen molar-refractivity contribution in [3.8, 4) is 6.07 Å². The van der Waals surface area contributed by atoms with Crippen LogP contribution in [0.1, 0.15) is 41.1 Å². The van der Waals surface area contributed by atoms with Crippen molar-refractivity contribution in [1.29, 1.82) is 5.26 Å². The van der Waals surface area contributed by atoms with Crippen LogP contribution in [0.25, 0.3) is 5.65 Å². The molecule has 0 atom stereocenters. The van der Waals surface area contributed by atoms with Gasteiger partial charge in [0, 0.05) is 31.4 Å². The fourth-order valence-electron chi connectivity index (χ4n) is 3.19. The van der Waals surface area contributed by atoms with Crippen molar-refractivity contribution < 1.29 is 8.42 Å². The number of benzene rings is 1. The Kier molecular flexibility index (Phi) is 5.84. The van der Waals surface area contributed by atoms with E-state index in [1.165, 1.54) is 24.6 Å². The van der Waals surface area contributed by atoms with Gasteiger partial charge in [0.15, 0.2) is 0 Å². The number of fused-ring (bicyclic) bond motifs is 1. The molecule has 0 spiro atoms. The quantitative estimate of drug-likeness (QED) is 0.527. The summed E-state index contributed by atoms with van der Waals surface area (Å²) >= 11 is 0. The molecule has 1 fully saturated rings. The maximum Gasteiger partial charge on any atom is 0.243 e. The second kappa shape index (κ2) is 8.71. The number of nitrogens with one attached hydrogen (secondary N) is 1. The fourth-order valence-corrected chi connectivity index (χ4v) is 4.10. The average molecular weight is 435 g/mol. The second-order valence-corrected chi connectivity index (χ2v) is 9.17. The Labute approximate surface area is 180 Å². The molecule has 8 nitrogen and oxygen atoms in total. The highest BCUT2D eigenvalue weighted by molar-refractivity contribution is 7.94. The summed E-state index contributed by atoms with van der Waals surface area (Å²) in [6, 6.07) is 12.8. The Hall–Kier alpha value is -3.48. The molecule has 0 saturated heterocycles. The molecule has 2 aromatic heterocycles. The molecule has 4 rings (SSSR count). The number of nitrogens with two attached hydrogens (primary N) is 1. The molecule has 31 heavy (non-hydrogen) atoms. The Morgan fingerprint density at radius 3 is 2.71 bits per heavy atom. The summed E-state index contributed by atoms with van der Waals surface area (Å²) in [5, 5.41) is 8.83. The standard InChI is InChI=1S/C22H22N6O2S/c23-9-16-1-3-17(4-2-16)11-26-31(29,30)21(10-24)13-25-12-20-15-28-14-19(18-5-6-18)7-8-22(28)27-20/h1-4,7-8,10,13-15,18,26H,5-6,11-12,24H2. The molecule has 1 aliphatic rings. The molecule has 1 saturated carbocycles. The number of allylic oxidation sites excluding steroid dienone is 1. The minimum atomic E-state index is -3.83. The highest BCUT2D eigenvalue weighted by Crippen LogP contribution is 2.39. The Morgan fingerprint density at radius 1 is 1.26 bits per heavy atom. The zero-order valence-corrected chi connectivity index (χ0v) is 17.6. The van der Waals surface area contributed by atoms with Crippen molar-refractivity contribution in [3.63, 3.8) is 0 Å². The Bertz CT molecular complexity index is 1300. The normalized spacial score (nSPS) is 14.9. The predicted octanol–water partition coefficient (Wildman–Crippen LogP) is 2.57. The minimum Gasteiger partial charge on any atom is -0.403 e. The molecule has 3 N–H and O–H groups in total. The molecule has 1 aromatic carbocycles. The number of imidazole rings is 1. The summed E-state index contributed by atoms with van der Waals surface area (Å²) in [5.41, 5.74) is 9.65. The van der Waals surface area contributed by atoms with Crippen LogP contribution in [-0.4, -0.2) is 24.0 Å². The maximum atomic E-state index is 12.5. The van der Waals surface area contributed by atoms with Crippen LogP contribution in [0.2, 0.25) is 0 Å². The third-order valence-corrected chi connectivity index (χ3v) is 6.45. The van der Waals surface area contributed by atoms with E-state index in [4.69, 9.17) is 11.0 Å². The van der Waals surface area contributed by atoms with Crippen LogP contribution < -0.4 is 10.5 Å². The third-order valence-electron chi connectivity index (χ3n) is 5.07. The van der Waals surface area contributed by atoms with Gasteiger partial charge in [0.25, 0.3) is 0 Å².